The minimum absolute atomic E-state index is 0.0323. The van der Waals surface area contributed by atoms with Crippen molar-refractivity contribution in [1.29, 1.82) is 0 Å². The number of hydrogen-bond donors (Lipinski definition) is 2. The quantitative estimate of drug-likeness (QED) is 0.548. The number of imide groups is 1. The van der Waals surface area contributed by atoms with Crippen molar-refractivity contribution in [2.45, 2.75) is 18.9 Å². The molecular weight excluding hydrogens is 222 g/mol. The van der Waals surface area contributed by atoms with Gasteiger partial charge in [0.15, 0.2) is 0 Å². The molecule has 0 atom stereocenters. The molecule has 1 saturated heterocycles. The van der Waals surface area contributed by atoms with E-state index >= 15 is 0 Å². The van der Waals surface area contributed by atoms with E-state index < -0.39 is 22.0 Å². The van der Waals surface area contributed by atoms with Gasteiger partial charge in [0.25, 0.3) is 10.2 Å². The normalized spacial score (nSPS) is 24.0. The van der Waals surface area contributed by atoms with Crippen molar-refractivity contribution < 1.29 is 18.0 Å². The topological polar surface area (TPSA) is 95.6 Å². The fraction of sp³-hybridized carbons (Fsp3) is 0.714. The van der Waals surface area contributed by atoms with E-state index in [0.29, 0.717) is 0 Å². The first-order valence-electron chi connectivity index (χ1n) is 4.57. The fourth-order valence-corrected chi connectivity index (χ4v) is 2.65. The Morgan fingerprint density at radius 3 is 2.20 bits per heavy atom. The third-order valence-corrected chi connectivity index (χ3v) is 3.72. The van der Waals surface area contributed by atoms with Crippen LogP contribution in [0, 0.1) is 0 Å². The standard InChI is InChI=1S/C7H11N3O4S/c11-6-3-10(4-7(12)8-6)15(13,14)9-5-1-2-5/h5,9H,1-4H2,(H,8,11,12). The highest BCUT2D eigenvalue weighted by Gasteiger charge is 2.35. The predicted molar refractivity (Wildman–Crippen MR) is 49.8 cm³/mol. The van der Waals surface area contributed by atoms with E-state index in [0.717, 1.165) is 17.1 Å². The Hall–Kier alpha value is -0.990. The third kappa shape index (κ3) is 2.52. The zero-order chi connectivity index (χ0) is 11.1. The molecule has 2 aliphatic rings. The molecule has 1 aliphatic heterocycles. The lowest BCUT2D eigenvalue weighted by atomic mass is 10.4. The molecule has 1 saturated carbocycles. The number of carbonyl (C=O) groups is 2. The van der Waals surface area contributed by atoms with Crippen LogP contribution in [0.1, 0.15) is 12.8 Å². The Kier molecular flexibility index (Phi) is 2.49. The number of hydrogen-bond acceptors (Lipinski definition) is 4. The largest absolute Gasteiger partial charge is 0.294 e. The molecule has 0 aromatic rings. The van der Waals surface area contributed by atoms with Crippen molar-refractivity contribution in [3.63, 3.8) is 0 Å². The second-order valence-corrected chi connectivity index (χ2v) is 5.34. The fourth-order valence-electron chi connectivity index (χ4n) is 1.27. The van der Waals surface area contributed by atoms with Crippen LogP contribution >= 0.6 is 0 Å². The number of piperazine rings is 1. The molecule has 0 unspecified atom stereocenters. The molecule has 1 heterocycles. The Morgan fingerprint density at radius 2 is 1.73 bits per heavy atom. The second-order valence-electron chi connectivity index (χ2n) is 3.64. The molecule has 2 N–H and O–H groups in total. The number of carbonyl (C=O) groups excluding carboxylic acids is 2. The average molecular weight is 233 g/mol. The third-order valence-electron chi connectivity index (χ3n) is 2.15. The van der Waals surface area contributed by atoms with Crippen LogP contribution in [0.2, 0.25) is 0 Å². The van der Waals surface area contributed by atoms with Crippen molar-refractivity contribution in [3.8, 4) is 0 Å². The smallest absolute Gasteiger partial charge is 0.280 e. The first-order chi connectivity index (χ1) is 6.97. The molecule has 0 radical (unpaired) electrons. The Bertz CT molecular complexity index is 384. The summed E-state index contributed by atoms with van der Waals surface area (Å²) < 4.78 is 26.5. The molecule has 2 fully saturated rings. The molecule has 2 amide bonds. The SMILES string of the molecule is O=C1CN(S(=O)(=O)NC2CC2)CC(=O)N1. The maximum absolute atomic E-state index is 11.6. The lowest BCUT2D eigenvalue weighted by Gasteiger charge is -2.24. The van der Waals surface area contributed by atoms with Gasteiger partial charge in [-0.3, -0.25) is 14.9 Å². The molecule has 7 nitrogen and oxygen atoms in total. The van der Waals surface area contributed by atoms with Crippen LogP contribution in [0.4, 0.5) is 0 Å². The molecular formula is C7H11N3O4S. The van der Waals surface area contributed by atoms with Gasteiger partial charge in [-0.1, -0.05) is 0 Å². The second kappa shape index (κ2) is 3.54. The molecule has 1 aliphatic carbocycles. The van der Waals surface area contributed by atoms with Gasteiger partial charge in [0.05, 0.1) is 13.1 Å². The van der Waals surface area contributed by atoms with E-state index in [1.54, 1.807) is 0 Å². The van der Waals surface area contributed by atoms with Gasteiger partial charge in [0.2, 0.25) is 11.8 Å². The highest BCUT2D eigenvalue weighted by atomic mass is 32.2. The Balaban J connectivity index is 2.07. The molecule has 0 bridgehead atoms. The van der Waals surface area contributed by atoms with Gasteiger partial charge in [0, 0.05) is 6.04 Å². The van der Waals surface area contributed by atoms with Crippen molar-refractivity contribution in [1.82, 2.24) is 14.3 Å². The van der Waals surface area contributed by atoms with Crippen molar-refractivity contribution >= 4 is 22.0 Å². The number of amides is 2. The molecule has 0 spiro atoms. The van der Waals surface area contributed by atoms with Gasteiger partial charge in [-0.2, -0.15) is 17.4 Å². The monoisotopic (exact) mass is 233 g/mol. The highest BCUT2D eigenvalue weighted by molar-refractivity contribution is 7.87. The van der Waals surface area contributed by atoms with Gasteiger partial charge < -0.3 is 0 Å². The number of nitrogens with one attached hydrogen (secondary N) is 2. The summed E-state index contributed by atoms with van der Waals surface area (Å²) in [7, 11) is -3.68. The summed E-state index contributed by atoms with van der Waals surface area (Å²) >= 11 is 0. The first kappa shape index (κ1) is 10.5. The lowest BCUT2D eigenvalue weighted by molar-refractivity contribution is -0.134. The minimum Gasteiger partial charge on any atom is -0.294 e. The summed E-state index contributed by atoms with van der Waals surface area (Å²) in [4.78, 5) is 21.9. The zero-order valence-corrected chi connectivity index (χ0v) is 8.71. The molecule has 2 rings (SSSR count). The van der Waals surface area contributed by atoms with Crippen molar-refractivity contribution in [2.75, 3.05) is 13.1 Å². The lowest BCUT2D eigenvalue weighted by Crippen LogP contribution is -2.56. The predicted octanol–water partition coefficient (Wildman–Crippen LogP) is -2.06. The summed E-state index contributed by atoms with van der Waals surface area (Å²) in [6, 6.07) is -0.0323. The van der Waals surface area contributed by atoms with Crippen molar-refractivity contribution in [3.05, 3.63) is 0 Å². The molecule has 0 aromatic heterocycles. The molecule has 0 aromatic carbocycles. The Morgan fingerprint density at radius 1 is 1.20 bits per heavy atom. The van der Waals surface area contributed by atoms with E-state index in [2.05, 4.69) is 4.72 Å². The van der Waals surface area contributed by atoms with Crippen LogP contribution < -0.4 is 10.0 Å². The van der Waals surface area contributed by atoms with Crippen molar-refractivity contribution in [2.24, 2.45) is 0 Å². The molecule has 84 valence electrons. The summed E-state index contributed by atoms with van der Waals surface area (Å²) in [5.74, 6) is -1.18. The minimum atomic E-state index is -3.68. The van der Waals surface area contributed by atoms with E-state index in [1.165, 1.54) is 0 Å². The van der Waals surface area contributed by atoms with Crippen LogP contribution in [0.15, 0.2) is 0 Å². The zero-order valence-electron chi connectivity index (χ0n) is 7.89. The summed E-state index contributed by atoms with van der Waals surface area (Å²) in [6.07, 6.45) is 1.63. The van der Waals surface area contributed by atoms with Gasteiger partial charge >= 0.3 is 0 Å². The van der Waals surface area contributed by atoms with Gasteiger partial charge in [0.1, 0.15) is 0 Å². The van der Waals surface area contributed by atoms with Gasteiger partial charge in [-0.05, 0) is 12.8 Å². The summed E-state index contributed by atoms with van der Waals surface area (Å²) in [6.45, 7) is -0.596. The summed E-state index contributed by atoms with van der Waals surface area (Å²) in [5, 5.41) is 2.04. The number of nitrogens with zero attached hydrogens (tertiary/aromatic N) is 1. The molecule has 8 heteroatoms. The van der Waals surface area contributed by atoms with E-state index in [4.69, 9.17) is 0 Å². The summed E-state index contributed by atoms with van der Waals surface area (Å²) in [5.41, 5.74) is 0. The van der Waals surface area contributed by atoms with E-state index in [1.807, 2.05) is 5.32 Å². The van der Waals surface area contributed by atoms with Gasteiger partial charge in [-0.25, -0.2) is 0 Å². The van der Waals surface area contributed by atoms with Crippen LogP contribution in [-0.4, -0.2) is 43.7 Å². The van der Waals surface area contributed by atoms with Crippen LogP contribution in [0.5, 0.6) is 0 Å². The average Bonchev–Trinajstić information content (AvgIpc) is 2.85. The van der Waals surface area contributed by atoms with Gasteiger partial charge in [-0.15, -0.1) is 0 Å². The maximum Gasteiger partial charge on any atom is 0.280 e. The van der Waals surface area contributed by atoms with E-state index in [-0.39, 0.29) is 19.1 Å². The maximum atomic E-state index is 11.6. The first-order valence-corrected chi connectivity index (χ1v) is 6.01. The highest BCUT2D eigenvalue weighted by Crippen LogP contribution is 2.20. The Labute approximate surface area is 87.0 Å². The van der Waals surface area contributed by atoms with E-state index in [9.17, 15) is 18.0 Å². The number of rotatable bonds is 3. The van der Waals surface area contributed by atoms with Crippen LogP contribution in [-0.2, 0) is 19.8 Å². The van der Waals surface area contributed by atoms with Crippen LogP contribution in [0.3, 0.4) is 0 Å². The molecule has 15 heavy (non-hydrogen) atoms. The van der Waals surface area contributed by atoms with Crippen LogP contribution in [0.25, 0.3) is 0 Å².